The van der Waals surface area contributed by atoms with E-state index in [0.29, 0.717) is 18.8 Å². The zero-order chi connectivity index (χ0) is 16.2. The van der Waals surface area contributed by atoms with E-state index in [-0.39, 0.29) is 29.2 Å². The highest BCUT2D eigenvalue weighted by Crippen LogP contribution is 2.06. The van der Waals surface area contributed by atoms with Gasteiger partial charge in [0.25, 0.3) is 5.56 Å². The maximum Gasteiger partial charge on any atom is 0.330 e. The van der Waals surface area contributed by atoms with Gasteiger partial charge in [-0.2, -0.15) is 0 Å². The number of nitrogens with one attached hydrogen (secondary N) is 1. The Kier molecular flexibility index (Phi) is 5.90. The van der Waals surface area contributed by atoms with E-state index in [2.05, 4.69) is 5.32 Å². The summed E-state index contributed by atoms with van der Waals surface area (Å²) in [6, 6.07) is 1.28. The van der Waals surface area contributed by atoms with Crippen molar-refractivity contribution in [2.75, 3.05) is 6.61 Å². The molecule has 0 unspecified atom stereocenters. The number of aromatic nitrogens is 2. The van der Waals surface area contributed by atoms with Crippen LogP contribution in [-0.2, 0) is 30.2 Å². The molecule has 1 N–H and O–H groups in total. The fourth-order valence-electron chi connectivity index (χ4n) is 1.87. The van der Waals surface area contributed by atoms with E-state index >= 15 is 0 Å². The van der Waals surface area contributed by atoms with Crippen LogP contribution in [0, 0.1) is 5.92 Å². The molecule has 0 saturated heterocycles. The van der Waals surface area contributed by atoms with E-state index in [0.717, 1.165) is 4.57 Å². The summed E-state index contributed by atoms with van der Waals surface area (Å²) < 4.78 is 7.43. The van der Waals surface area contributed by atoms with Gasteiger partial charge in [-0.1, -0.05) is 6.92 Å². The monoisotopic (exact) mass is 297 g/mol. The summed E-state index contributed by atoms with van der Waals surface area (Å²) in [7, 11) is 3.05. The number of hydrogen-bond acceptors (Lipinski definition) is 5. The average Bonchev–Trinajstić information content (AvgIpc) is 2.46. The van der Waals surface area contributed by atoms with Crippen LogP contribution in [0.15, 0.2) is 15.7 Å². The molecule has 0 aromatic carbocycles. The molecular formula is C14H23N3O4. The molecule has 0 aliphatic heterocycles. The van der Waals surface area contributed by atoms with Gasteiger partial charge in [0.1, 0.15) is 0 Å². The molecule has 1 heterocycles. The molecule has 2 atom stereocenters. The predicted molar refractivity (Wildman–Crippen MR) is 79.0 cm³/mol. The van der Waals surface area contributed by atoms with Crippen LogP contribution in [0.5, 0.6) is 0 Å². The summed E-state index contributed by atoms with van der Waals surface area (Å²) in [6.45, 7) is 6.07. The summed E-state index contributed by atoms with van der Waals surface area (Å²) in [5.41, 5.74) is -0.141. The standard InChI is InChI=1S/C14H23N3O4/c1-6-21-13(19)9(2)10(3)15-8-11-7-12(18)17(5)14(20)16(11)4/h7,9-10,15H,6,8H2,1-5H3/t9-,10-/m0/s1. The fraction of sp³-hybridized carbons (Fsp3) is 0.643. The Morgan fingerprint density at radius 2 is 1.90 bits per heavy atom. The first-order valence-electron chi connectivity index (χ1n) is 6.95. The molecule has 0 spiro atoms. The van der Waals surface area contributed by atoms with Crippen LogP contribution in [-0.4, -0.2) is 27.8 Å². The van der Waals surface area contributed by atoms with Crippen LogP contribution in [0.25, 0.3) is 0 Å². The van der Waals surface area contributed by atoms with Gasteiger partial charge in [0, 0.05) is 38.4 Å². The van der Waals surface area contributed by atoms with Crippen molar-refractivity contribution >= 4 is 5.97 Å². The summed E-state index contributed by atoms with van der Waals surface area (Å²) in [5.74, 6) is -0.580. The lowest BCUT2D eigenvalue weighted by Gasteiger charge is -2.20. The third-order valence-corrected chi connectivity index (χ3v) is 3.64. The highest BCUT2D eigenvalue weighted by molar-refractivity contribution is 5.72. The first-order chi connectivity index (χ1) is 9.79. The Hall–Kier alpha value is -1.89. The first kappa shape index (κ1) is 17.2. The Bertz CT molecular complexity index is 618. The minimum atomic E-state index is -0.370. The van der Waals surface area contributed by atoms with Crippen LogP contribution in [0.3, 0.4) is 0 Å². The van der Waals surface area contributed by atoms with Crippen LogP contribution in [0.2, 0.25) is 0 Å². The molecule has 0 saturated carbocycles. The van der Waals surface area contributed by atoms with Crippen molar-refractivity contribution in [3.63, 3.8) is 0 Å². The zero-order valence-electron chi connectivity index (χ0n) is 13.2. The minimum absolute atomic E-state index is 0.136. The minimum Gasteiger partial charge on any atom is -0.466 e. The molecule has 1 aromatic rings. The lowest BCUT2D eigenvalue weighted by Crippen LogP contribution is -2.41. The maximum atomic E-state index is 11.8. The van der Waals surface area contributed by atoms with Crippen LogP contribution in [0.4, 0.5) is 0 Å². The quantitative estimate of drug-likeness (QED) is 0.733. The molecule has 7 heteroatoms. The van der Waals surface area contributed by atoms with Crippen LogP contribution >= 0.6 is 0 Å². The first-order valence-corrected chi connectivity index (χ1v) is 6.95. The van der Waals surface area contributed by atoms with E-state index < -0.39 is 0 Å². The van der Waals surface area contributed by atoms with E-state index in [9.17, 15) is 14.4 Å². The molecule has 1 rings (SSSR count). The molecule has 0 radical (unpaired) electrons. The molecule has 7 nitrogen and oxygen atoms in total. The van der Waals surface area contributed by atoms with Gasteiger partial charge < -0.3 is 10.1 Å². The number of ether oxygens (including phenoxy) is 1. The van der Waals surface area contributed by atoms with Crippen molar-refractivity contribution in [3.05, 3.63) is 32.6 Å². The van der Waals surface area contributed by atoms with Gasteiger partial charge in [-0.05, 0) is 13.8 Å². The third-order valence-electron chi connectivity index (χ3n) is 3.64. The van der Waals surface area contributed by atoms with Crippen molar-refractivity contribution in [2.24, 2.45) is 20.0 Å². The van der Waals surface area contributed by atoms with E-state index in [1.807, 2.05) is 6.92 Å². The molecule has 118 valence electrons. The Labute approximate surface area is 123 Å². The fourth-order valence-corrected chi connectivity index (χ4v) is 1.87. The summed E-state index contributed by atoms with van der Waals surface area (Å²) in [4.78, 5) is 35.1. The second-order valence-corrected chi connectivity index (χ2v) is 5.08. The Morgan fingerprint density at radius 1 is 1.29 bits per heavy atom. The van der Waals surface area contributed by atoms with Gasteiger partial charge in [-0.15, -0.1) is 0 Å². The summed E-state index contributed by atoms with van der Waals surface area (Å²) in [5, 5.41) is 3.14. The third kappa shape index (κ3) is 4.04. The topological polar surface area (TPSA) is 82.3 Å². The van der Waals surface area contributed by atoms with Crippen molar-refractivity contribution < 1.29 is 9.53 Å². The van der Waals surface area contributed by atoms with Crippen molar-refractivity contribution in [3.8, 4) is 0 Å². The van der Waals surface area contributed by atoms with Gasteiger partial charge in [0.15, 0.2) is 0 Å². The molecular weight excluding hydrogens is 274 g/mol. The smallest absolute Gasteiger partial charge is 0.330 e. The average molecular weight is 297 g/mol. The Morgan fingerprint density at radius 3 is 2.48 bits per heavy atom. The maximum absolute atomic E-state index is 11.8. The second-order valence-electron chi connectivity index (χ2n) is 5.08. The molecule has 1 aromatic heterocycles. The van der Waals surface area contributed by atoms with E-state index in [1.54, 1.807) is 20.9 Å². The number of nitrogens with zero attached hydrogens (tertiary/aromatic N) is 2. The van der Waals surface area contributed by atoms with E-state index in [4.69, 9.17) is 4.74 Å². The summed E-state index contributed by atoms with van der Waals surface area (Å²) in [6.07, 6.45) is 0. The van der Waals surface area contributed by atoms with Gasteiger partial charge in [0.2, 0.25) is 0 Å². The molecule has 0 aliphatic carbocycles. The lowest BCUT2D eigenvalue weighted by molar-refractivity contribution is -0.148. The molecule has 0 bridgehead atoms. The highest BCUT2D eigenvalue weighted by atomic mass is 16.5. The number of rotatable bonds is 6. The molecule has 0 aliphatic rings. The van der Waals surface area contributed by atoms with E-state index in [1.165, 1.54) is 17.7 Å². The lowest BCUT2D eigenvalue weighted by atomic mass is 10.0. The SMILES string of the molecule is CCOC(=O)[C@@H](C)[C@H](C)NCc1cc(=O)n(C)c(=O)n1C. The second kappa shape index (κ2) is 7.21. The van der Waals surface area contributed by atoms with Crippen molar-refractivity contribution in [2.45, 2.75) is 33.4 Å². The largest absolute Gasteiger partial charge is 0.466 e. The van der Waals surface area contributed by atoms with Crippen molar-refractivity contribution in [1.82, 2.24) is 14.5 Å². The number of hydrogen-bond donors (Lipinski definition) is 1. The number of esters is 1. The normalized spacial score (nSPS) is 13.8. The Balaban J connectivity index is 2.78. The molecule has 0 amide bonds. The number of carbonyl (C=O) groups excluding carboxylic acids is 1. The van der Waals surface area contributed by atoms with Gasteiger partial charge >= 0.3 is 11.7 Å². The van der Waals surface area contributed by atoms with Crippen LogP contribution < -0.4 is 16.6 Å². The predicted octanol–water partition coefficient (Wildman–Crippen LogP) is -0.239. The van der Waals surface area contributed by atoms with Gasteiger partial charge in [-0.3, -0.25) is 18.7 Å². The van der Waals surface area contributed by atoms with Crippen LogP contribution in [0.1, 0.15) is 26.5 Å². The van der Waals surface area contributed by atoms with Crippen molar-refractivity contribution in [1.29, 1.82) is 0 Å². The molecule has 0 fully saturated rings. The van der Waals surface area contributed by atoms with Gasteiger partial charge in [-0.25, -0.2) is 4.79 Å². The summed E-state index contributed by atoms with van der Waals surface area (Å²) >= 11 is 0. The highest BCUT2D eigenvalue weighted by Gasteiger charge is 2.21. The van der Waals surface area contributed by atoms with Gasteiger partial charge in [0.05, 0.1) is 12.5 Å². The zero-order valence-corrected chi connectivity index (χ0v) is 13.2. The number of carbonyl (C=O) groups is 1. The molecule has 21 heavy (non-hydrogen) atoms.